The molecule has 0 unspecified atom stereocenters. The van der Waals surface area contributed by atoms with Crippen molar-refractivity contribution in [2.75, 3.05) is 5.32 Å². The molecule has 142 valence electrons. The zero-order valence-corrected chi connectivity index (χ0v) is 16.8. The molecule has 6 heteroatoms. The summed E-state index contributed by atoms with van der Waals surface area (Å²) in [5, 5.41) is 5.62. The van der Waals surface area contributed by atoms with Crippen LogP contribution < -0.4 is 15.4 Å². The molecule has 0 spiro atoms. The van der Waals surface area contributed by atoms with Crippen LogP contribution in [0.15, 0.2) is 77.3 Å². The van der Waals surface area contributed by atoms with Gasteiger partial charge in [-0.1, -0.05) is 46.3 Å². The van der Waals surface area contributed by atoms with Crippen molar-refractivity contribution in [1.29, 1.82) is 0 Å². The summed E-state index contributed by atoms with van der Waals surface area (Å²) in [6.07, 6.45) is 0. The van der Waals surface area contributed by atoms with Crippen LogP contribution in [0.4, 0.5) is 5.69 Å². The van der Waals surface area contributed by atoms with E-state index in [4.69, 9.17) is 4.74 Å². The Morgan fingerprint density at radius 3 is 2.54 bits per heavy atom. The van der Waals surface area contributed by atoms with Crippen LogP contribution in [0, 0.1) is 0 Å². The fourth-order valence-electron chi connectivity index (χ4n) is 2.64. The number of hydrogen-bond donors (Lipinski definition) is 2. The predicted molar refractivity (Wildman–Crippen MR) is 113 cm³/mol. The molecule has 0 fully saturated rings. The van der Waals surface area contributed by atoms with Gasteiger partial charge in [-0.25, -0.2) is 0 Å². The van der Waals surface area contributed by atoms with E-state index >= 15 is 0 Å². The molecule has 5 nitrogen and oxygen atoms in total. The highest BCUT2D eigenvalue weighted by atomic mass is 79.9. The molecule has 0 aliphatic carbocycles. The number of nitrogens with one attached hydrogen (secondary N) is 2. The number of carbonyl (C=O) groups is 2. The summed E-state index contributed by atoms with van der Waals surface area (Å²) in [5.74, 6) is 0.734. The molecular formula is C22H19BrN2O3. The van der Waals surface area contributed by atoms with Crippen LogP contribution in [0.5, 0.6) is 11.5 Å². The molecule has 2 N–H and O–H groups in total. The molecule has 0 heterocycles. The minimum atomic E-state index is -0.240. The average Bonchev–Trinajstić information content (AvgIpc) is 2.66. The second kappa shape index (κ2) is 9.19. The molecule has 0 atom stereocenters. The van der Waals surface area contributed by atoms with Crippen molar-refractivity contribution in [3.63, 3.8) is 0 Å². The summed E-state index contributed by atoms with van der Waals surface area (Å²) in [6.45, 7) is 1.79. The minimum absolute atomic E-state index is 0.139. The smallest absolute Gasteiger partial charge is 0.255 e. The van der Waals surface area contributed by atoms with Gasteiger partial charge in [0, 0.05) is 23.6 Å². The lowest BCUT2D eigenvalue weighted by Crippen LogP contribution is -2.23. The third kappa shape index (κ3) is 5.44. The lowest BCUT2D eigenvalue weighted by atomic mass is 10.1. The number of benzene rings is 3. The fraction of sp³-hybridized carbons (Fsp3) is 0.0909. The molecule has 3 rings (SSSR count). The summed E-state index contributed by atoms with van der Waals surface area (Å²) in [5.41, 5.74) is 2.02. The number of para-hydroxylation sites is 1. The second-order valence-corrected chi connectivity index (χ2v) is 7.04. The van der Waals surface area contributed by atoms with Crippen molar-refractivity contribution >= 4 is 33.4 Å². The lowest BCUT2D eigenvalue weighted by Gasteiger charge is -2.12. The van der Waals surface area contributed by atoms with Crippen molar-refractivity contribution in [2.45, 2.75) is 13.5 Å². The Hall–Kier alpha value is -3.12. The number of hydrogen-bond acceptors (Lipinski definition) is 3. The van der Waals surface area contributed by atoms with E-state index in [1.807, 2.05) is 48.5 Å². The fourth-order valence-corrected chi connectivity index (χ4v) is 3.02. The molecule has 0 radical (unpaired) electrons. The van der Waals surface area contributed by atoms with Crippen LogP contribution in [0.3, 0.4) is 0 Å². The van der Waals surface area contributed by atoms with Crippen LogP contribution >= 0.6 is 15.9 Å². The SMILES string of the molecule is CC(=O)Nc1cccc(CNC(=O)c2ccccc2Oc2cccc(Br)c2)c1. The Kier molecular flexibility index (Phi) is 6.45. The molecule has 3 aromatic carbocycles. The van der Waals surface area contributed by atoms with Gasteiger partial charge in [-0.2, -0.15) is 0 Å². The highest BCUT2D eigenvalue weighted by molar-refractivity contribution is 9.10. The number of ether oxygens (including phenoxy) is 1. The quantitative estimate of drug-likeness (QED) is 0.560. The summed E-state index contributed by atoms with van der Waals surface area (Å²) < 4.78 is 6.78. The standard InChI is InChI=1S/C22H19BrN2O3/c1-15(26)25-18-8-4-6-16(12-18)14-24-22(27)20-10-2-3-11-21(20)28-19-9-5-7-17(23)13-19/h2-13H,14H2,1H3,(H,24,27)(H,25,26). The molecule has 0 saturated carbocycles. The van der Waals surface area contributed by atoms with Crippen LogP contribution in [0.2, 0.25) is 0 Å². The second-order valence-electron chi connectivity index (χ2n) is 6.12. The number of halogens is 1. The lowest BCUT2D eigenvalue weighted by molar-refractivity contribution is -0.114. The Labute approximate surface area is 171 Å². The Bertz CT molecular complexity index is 1000. The largest absolute Gasteiger partial charge is 0.456 e. The topological polar surface area (TPSA) is 67.4 Å². The molecule has 0 aromatic heterocycles. The van der Waals surface area contributed by atoms with Gasteiger partial charge in [0.1, 0.15) is 11.5 Å². The molecule has 3 aromatic rings. The van der Waals surface area contributed by atoms with Gasteiger partial charge in [0.15, 0.2) is 0 Å². The van der Waals surface area contributed by atoms with Crippen LogP contribution in [-0.2, 0) is 11.3 Å². The van der Waals surface area contributed by atoms with Gasteiger partial charge in [0.05, 0.1) is 5.56 Å². The molecule has 28 heavy (non-hydrogen) atoms. The van der Waals surface area contributed by atoms with Crippen molar-refractivity contribution in [2.24, 2.45) is 0 Å². The summed E-state index contributed by atoms with van der Waals surface area (Å²) in [7, 11) is 0. The van der Waals surface area contributed by atoms with Gasteiger partial charge >= 0.3 is 0 Å². The third-order valence-electron chi connectivity index (χ3n) is 3.86. The first-order valence-corrected chi connectivity index (χ1v) is 9.48. The van der Waals surface area contributed by atoms with E-state index in [0.29, 0.717) is 29.3 Å². The van der Waals surface area contributed by atoms with Gasteiger partial charge in [-0.05, 0) is 48.0 Å². The van der Waals surface area contributed by atoms with Gasteiger partial charge < -0.3 is 15.4 Å². The summed E-state index contributed by atoms with van der Waals surface area (Å²) in [6, 6.07) is 21.9. The molecule has 2 amide bonds. The summed E-state index contributed by atoms with van der Waals surface area (Å²) >= 11 is 3.41. The minimum Gasteiger partial charge on any atom is -0.456 e. The summed E-state index contributed by atoms with van der Waals surface area (Å²) in [4.78, 5) is 23.9. The first kappa shape index (κ1) is 19.6. The number of anilines is 1. The van der Waals surface area contributed by atoms with E-state index in [1.165, 1.54) is 6.92 Å². The molecule has 0 aliphatic rings. The molecule has 0 bridgehead atoms. The van der Waals surface area contributed by atoms with Gasteiger partial charge in [0.2, 0.25) is 5.91 Å². The van der Waals surface area contributed by atoms with Crippen LogP contribution in [-0.4, -0.2) is 11.8 Å². The van der Waals surface area contributed by atoms with E-state index in [2.05, 4.69) is 26.6 Å². The van der Waals surface area contributed by atoms with Gasteiger partial charge in [-0.3, -0.25) is 9.59 Å². The highest BCUT2D eigenvalue weighted by Crippen LogP contribution is 2.27. The third-order valence-corrected chi connectivity index (χ3v) is 4.35. The van der Waals surface area contributed by atoms with Gasteiger partial charge in [-0.15, -0.1) is 0 Å². The Morgan fingerprint density at radius 1 is 0.964 bits per heavy atom. The molecule has 0 saturated heterocycles. The Balaban J connectivity index is 1.70. The Morgan fingerprint density at radius 2 is 1.75 bits per heavy atom. The zero-order chi connectivity index (χ0) is 19.9. The van der Waals surface area contributed by atoms with Crippen LogP contribution in [0.1, 0.15) is 22.8 Å². The zero-order valence-electron chi connectivity index (χ0n) is 15.2. The van der Waals surface area contributed by atoms with E-state index in [9.17, 15) is 9.59 Å². The first-order valence-electron chi connectivity index (χ1n) is 8.68. The first-order chi connectivity index (χ1) is 13.5. The van der Waals surface area contributed by atoms with Crippen molar-refractivity contribution < 1.29 is 14.3 Å². The van der Waals surface area contributed by atoms with Crippen molar-refractivity contribution in [3.05, 3.63) is 88.4 Å². The monoisotopic (exact) mass is 438 g/mol. The van der Waals surface area contributed by atoms with E-state index < -0.39 is 0 Å². The van der Waals surface area contributed by atoms with Crippen LogP contribution in [0.25, 0.3) is 0 Å². The maximum Gasteiger partial charge on any atom is 0.255 e. The van der Waals surface area contributed by atoms with Crippen molar-refractivity contribution in [1.82, 2.24) is 5.32 Å². The highest BCUT2D eigenvalue weighted by Gasteiger charge is 2.13. The van der Waals surface area contributed by atoms with E-state index in [1.54, 1.807) is 24.3 Å². The molecule has 0 aliphatic heterocycles. The normalized spacial score (nSPS) is 10.2. The number of rotatable bonds is 6. The van der Waals surface area contributed by atoms with Crippen molar-refractivity contribution in [3.8, 4) is 11.5 Å². The maximum atomic E-state index is 12.7. The predicted octanol–water partition coefficient (Wildman–Crippen LogP) is 5.13. The number of amides is 2. The van der Waals surface area contributed by atoms with E-state index in [0.717, 1.165) is 10.0 Å². The van der Waals surface area contributed by atoms with E-state index in [-0.39, 0.29) is 11.8 Å². The maximum absolute atomic E-state index is 12.7. The van der Waals surface area contributed by atoms with Gasteiger partial charge in [0.25, 0.3) is 5.91 Å². The molecular weight excluding hydrogens is 420 g/mol. The average molecular weight is 439 g/mol. The number of carbonyl (C=O) groups excluding carboxylic acids is 2.